The number of hydrazone groups is 1. The van der Waals surface area contributed by atoms with Crippen molar-refractivity contribution in [3.8, 4) is 17.2 Å². The molecule has 0 fully saturated rings. The second-order valence-electron chi connectivity index (χ2n) is 5.22. The third kappa shape index (κ3) is 4.78. The summed E-state index contributed by atoms with van der Waals surface area (Å²) in [4.78, 5) is 12.5. The third-order valence-electron chi connectivity index (χ3n) is 3.37. The summed E-state index contributed by atoms with van der Waals surface area (Å²) in [5, 5.41) is 4.06. The normalized spacial score (nSPS) is 11.2. The Morgan fingerprint density at radius 1 is 1.08 bits per heavy atom. The molecule has 1 heterocycles. The summed E-state index contributed by atoms with van der Waals surface area (Å²) >= 11 is 0. The molecule has 1 N–H and O–H groups in total. The highest BCUT2D eigenvalue weighted by Gasteiger charge is 2.18. The summed E-state index contributed by atoms with van der Waals surface area (Å²) in [7, 11) is 0. The molecule has 1 aromatic carbocycles. The smallest absolute Gasteiger partial charge is 0.271 e. The van der Waals surface area contributed by atoms with Crippen LogP contribution in [0, 0.1) is 0 Å². The molecule has 0 saturated heterocycles. The topological polar surface area (TPSA) is 82.3 Å². The molecule has 2 aromatic rings. The van der Waals surface area contributed by atoms with E-state index in [1.165, 1.54) is 0 Å². The monoisotopic (exact) mass is 360 g/mol. The molecule has 0 spiro atoms. The van der Waals surface area contributed by atoms with E-state index in [1.54, 1.807) is 37.5 Å². The molecule has 0 atom stereocenters. The maximum absolute atomic E-state index is 12.5. The number of furan rings is 1. The Morgan fingerprint density at radius 3 is 2.19 bits per heavy atom. The van der Waals surface area contributed by atoms with E-state index in [0.717, 1.165) is 0 Å². The summed E-state index contributed by atoms with van der Waals surface area (Å²) in [5.41, 5.74) is 3.43. The van der Waals surface area contributed by atoms with Gasteiger partial charge in [-0.2, -0.15) is 5.10 Å². The van der Waals surface area contributed by atoms with E-state index in [4.69, 9.17) is 18.6 Å². The lowest BCUT2D eigenvalue weighted by molar-refractivity contribution is 0.0953. The quantitative estimate of drug-likeness (QED) is 0.545. The number of hydrogen-bond acceptors (Lipinski definition) is 6. The summed E-state index contributed by atoms with van der Waals surface area (Å²) in [6.45, 7) is 8.67. The molecule has 0 unspecified atom stereocenters. The number of nitrogens with zero attached hydrogens (tertiary/aromatic N) is 1. The van der Waals surface area contributed by atoms with Gasteiger partial charge in [-0.25, -0.2) is 5.43 Å². The van der Waals surface area contributed by atoms with E-state index in [-0.39, 0.29) is 5.91 Å². The first kappa shape index (κ1) is 19.4. The zero-order valence-electron chi connectivity index (χ0n) is 15.5. The van der Waals surface area contributed by atoms with Crippen molar-refractivity contribution in [2.24, 2.45) is 5.10 Å². The van der Waals surface area contributed by atoms with Crippen molar-refractivity contribution in [3.63, 3.8) is 0 Å². The van der Waals surface area contributed by atoms with Crippen LogP contribution in [-0.2, 0) is 0 Å². The summed E-state index contributed by atoms with van der Waals surface area (Å²) in [6, 6.07) is 6.75. The van der Waals surface area contributed by atoms with Gasteiger partial charge in [0.05, 0.1) is 26.1 Å². The number of benzene rings is 1. The fourth-order valence-corrected chi connectivity index (χ4v) is 2.26. The fraction of sp³-hybridized carbons (Fsp3) is 0.368. The molecule has 26 heavy (non-hydrogen) atoms. The maximum Gasteiger partial charge on any atom is 0.271 e. The van der Waals surface area contributed by atoms with E-state index in [2.05, 4.69) is 10.5 Å². The molecule has 0 radical (unpaired) electrons. The van der Waals surface area contributed by atoms with E-state index in [0.29, 0.717) is 54.1 Å². The van der Waals surface area contributed by atoms with Gasteiger partial charge >= 0.3 is 0 Å². The van der Waals surface area contributed by atoms with Crippen molar-refractivity contribution >= 4 is 11.6 Å². The number of ether oxygens (including phenoxy) is 3. The Morgan fingerprint density at radius 2 is 1.69 bits per heavy atom. The molecule has 1 amide bonds. The molecule has 0 aliphatic carbocycles. The molecule has 0 saturated carbocycles. The molecule has 140 valence electrons. The van der Waals surface area contributed by atoms with E-state index >= 15 is 0 Å². The second kappa shape index (κ2) is 9.50. The Labute approximate surface area is 152 Å². The Bertz CT molecular complexity index is 726. The van der Waals surface area contributed by atoms with Gasteiger partial charge in [0, 0.05) is 5.56 Å². The van der Waals surface area contributed by atoms with Crippen LogP contribution in [0.25, 0.3) is 0 Å². The molecular formula is C19H24N2O5. The Hall–Kier alpha value is -2.96. The van der Waals surface area contributed by atoms with Crippen molar-refractivity contribution in [1.82, 2.24) is 5.43 Å². The predicted octanol–water partition coefficient (Wildman–Crippen LogP) is 3.63. The zero-order chi connectivity index (χ0) is 18.9. The fourth-order valence-electron chi connectivity index (χ4n) is 2.26. The molecular weight excluding hydrogens is 336 g/mol. The first-order valence-corrected chi connectivity index (χ1v) is 8.55. The second-order valence-corrected chi connectivity index (χ2v) is 5.22. The van der Waals surface area contributed by atoms with Gasteiger partial charge in [-0.05, 0) is 52.0 Å². The minimum Gasteiger partial charge on any atom is -0.490 e. The Kier molecular flexibility index (Phi) is 7.08. The lowest BCUT2D eigenvalue weighted by Crippen LogP contribution is -2.19. The summed E-state index contributed by atoms with van der Waals surface area (Å²) < 4.78 is 22.1. The number of carbonyl (C=O) groups is 1. The summed E-state index contributed by atoms with van der Waals surface area (Å²) in [6.07, 6.45) is 1.55. The van der Waals surface area contributed by atoms with Crippen LogP contribution in [0.2, 0.25) is 0 Å². The van der Waals surface area contributed by atoms with E-state index < -0.39 is 0 Å². The van der Waals surface area contributed by atoms with Gasteiger partial charge in [0.1, 0.15) is 11.5 Å². The van der Waals surface area contributed by atoms with Crippen molar-refractivity contribution in [2.45, 2.75) is 27.7 Å². The molecule has 0 bridgehead atoms. The lowest BCUT2D eigenvalue weighted by atomic mass is 10.1. The third-order valence-corrected chi connectivity index (χ3v) is 3.37. The van der Waals surface area contributed by atoms with E-state index in [9.17, 15) is 4.79 Å². The standard InChI is InChI=1S/C19H24N2O5/c1-5-23-16-11-14(12-17(24-6-2)18(16)25-7-3)19(22)21-20-13(4)15-9-8-10-26-15/h8-12H,5-7H2,1-4H3,(H,21,22). The van der Waals surface area contributed by atoms with Crippen molar-refractivity contribution in [2.75, 3.05) is 19.8 Å². The van der Waals surface area contributed by atoms with Crippen LogP contribution >= 0.6 is 0 Å². The van der Waals surface area contributed by atoms with Crippen molar-refractivity contribution < 1.29 is 23.4 Å². The zero-order valence-corrected chi connectivity index (χ0v) is 15.5. The van der Waals surface area contributed by atoms with Crippen LogP contribution in [0.3, 0.4) is 0 Å². The minimum absolute atomic E-state index is 0.358. The van der Waals surface area contributed by atoms with E-state index in [1.807, 2.05) is 20.8 Å². The van der Waals surface area contributed by atoms with Gasteiger partial charge in [-0.3, -0.25) is 4.79 Å². The van der Waals surface area contributed by atoms with Crippen molar-refractivity contribution in [3.05, 3.63) is 41.9 Å². The molecule has 7 heteroatoms. The maximum atomic E-state index is 12.5. The highest BCUT2D eigenvalue weighted by Crippen LogP contribution is 2.39. The molecule has 1 aromatic heterocycles. The van der Waals surface area contributed by atoms with Crippen LogP contribution in [0.4, 0.5) is 0 Å². The number of hydrogen-bond donors (Lipinski definition) is 1. The summed E-state index contributed by atoms with van der Waals surface area (Å²) in [5.74, 6) is 1.60. The lowest BCUT2D eigenvalue weighted by Gasteiger charge is -2.16. The first-order chi connectivity index (χ1) is 12.6. The highest BCUT2D eigenvalue weighted by atomic mass is 16.5. The van der Waals surface area contributed by atoms with Crippen LogP contribution < -0.4 is 19.6 Å². The Balaban J connectivity index is 2.29. The van der Waals surface area contributed by atoms with Crippen LogP contribution in [0.15, 0.2) is 40.0 Å². The van der Waals surface area contributed by atoms with Crippen molar-refractivity contribution in [1.29, 1.82) is 0 Å². The van der Waals surface area contributed by atoms with Gasteiger partial charge in [0.15, 0.2) is 11.5 Å². The first-order valence-electron chi connectivity index (χ1n) is 8.55. The van der Waals surface area contributed by atoms with Crippen LogP contribution in [0.1, 0.15) is 43.8 Å². The van der Waals surface area contributed by atoms with Crippen LogP contribution in [0.5, 0.6) is 17.2 Å². The highest BCUT2D eigenvalue weighted by molar-refractivity contribution is 5.99. The molecule has 0 aliphatic rings. The van der Waals surface area contributed by atoms with Gasteiger partial charge in [-0.15, -0.1) is 0 Å². The average molecular weight is 360 g/mol. The molecule has 0 aliphatic heterocycles. The van der Waals surface area contributed by atoms with Gasteiger partial charge < -0.3 is 18.6 Å². The van der Waals surface area contributed by atoms with Crippen LogP contribution in [-0.4, -0.2) is 31.4 Å². The average Bonchev–Trinajstić information content (AvgIpc) is 3.17. The van der Waals surface area contributed by atoms with Gasteiger partial charge in [0.25, 0.3) is 5.91 Å². The number of carbonyl (C=O) groups excluding carboxylic acids is 1. The SMILES string of the molecule is CCOc1cc(C(=O)NN=C(C)c2ccco2)cc(OCC)c1OCC. The number of amides is 1. The minimum atomic E-state index is -0.388. The largest absolute Gasteiger partial charge is 0.490 e. The number of rotatable bonds is 9. The van der Waals surface area contributed by atoms with Gasteiger partial charge in [0.2, 0.25) is 5.75 Å². The molecule has 2 rings (SSSR count). The molecule has 7 nitrogen and oxygen atoms in total. The van der Waals surface area contributed by atoms with Gasteiger partial charge in [-0.1, -0.05) is 0 Å². The predicted molar refractivity (Wildman–Crippen MR) is 98.3 cm³/mol. The number of nitrogens with one attached hydrogen (secondary N) is 1.